The number of hydrogen-bond donors (Lipinski definition) is 0. The molecule has 0 saturated heterocycles. The lowest BCUT2D eigenvalue weighted by atomic mass is 9.99. The minimum absolute atomic E-state index is 0.510. The Balaban J connectivity index is 1.06. The second-order valence-electron chi connectivity index (χ2n) is 11.0. The molecule has 43 heavy (non-hydrogen) atoms. The van der Waals surface area contributed by atoms with Gasteiger partial charge in [-0.1, -0.05) is 85.0 Å². The van der Waals surface area contributed by atoms with Crippen LogP contribution in [0.5, 0.6) is 11.5 Å². The van der Waals surface area contributed by atoms with E-state index in [1.807, 2.05) is 36.4 Å². The maximum Gasteiger partial charge on any atom is 0.233 e. The third kappa shape index (κ3) is 7.26. The van der Waals surface area contributed by atoms with E-state index in [1.165, 1.54) is 11.1 Å². The van der Waals surface area contributed by atoms with E-state index < -0.39 is 12.6 Å². The summed E-state index contributed by atoms with van der Waals surface area (Å²) in [5, 5.41) is 0. The maximum absolute atomic E-state index is 6.43. The molecular weight excluding hydrogens is 536 g/mol. The maximum atomic E-state index is 6.43. The van der Waals surface area contributed by atoms with Crippen LogP contribution in [0.15, 0.2) is 97.1 Å². The summed E-state index contributed by atoms with van der Waals surface area (Å²) in [4.78, 5) is 0. The number of ether oxygens (including phenoxy) is 5. The summed E-state index contributed by atoms with van der Waals surface area (Å²) in [6.07, 6.45) is 9.19. The highest BCUT2D eigenvalue weighted by molar-refractivity contribution is 5.60. The zero-order valence-electron chi connectivity index (χ0n) is 24.8. The van der Waals surface area contributed by atoms with Crippen LogP contribution < -0.4 is 9.47 Å². The Morgan fingerprint density at radius 1 is 0.605 bits per heavy atom. The monoisotopic (exact) mass is 574 g/mol. The minimum Gasteiger partial charge on any atom is -0.459 e. The van der Waals surface area contributed by atoms with Gasteiger partial charge in [-0.05, 0) is 84.3 Å². The van der Waals surface area contributed by atoms with E-state index in [0.29, 0.717) is 26.4 Å². The SMILES string of the molecule is Cc1cc(C=CCCOCc2ccccc2)cc2c1OC1OC2Oc2c(C)cc(C=CCCOCc3ccccc3)cc21. The smallest absolute Gasteiger partial charge is 0.233 e. The molecule has 220 valence electrons. The molecule has 0 radical (unpaired) electrons. The van der Waals surface area contributed by atoms with Crippen molar-refractivity contribution in [3.05, 3.63) is 142 Å². The molecule has 2 aliphatic heterocycles. The van der Waals surface area contributed by atoms with Crippen LogP contribution in [0.1, 0.15) is 69.9 Å². The fourth-order valence-electron chi connectivity index (χ4n) is 5.45. The van der Waals surface area contributed by atoms with Gasteiger partial charge in [-0.25, -0.2) is 0 Å². The molecule has 0 spiro atoms. The number of benzene rings is 4. The van der Waals surface area contributed by atoms with Gasteiger partial charge in [-0.3, -0.25) is 4.74 Å². The van der Waals surface area contributed by atoms with Gasteiger partial charge in [0.1, 0.15) is 11.5 Å². The Morgan fingerprint density at radius 3 is 1.49 bits per heavy atom. The molecule has 6 rings (SSSR count). The van der Waals surface area contributed by atoms with E-state index >= 15 is 0 Å². The first-order valence-electron chi connectivity index (χ1n) is 15.0. The van der Waals surface area contributed by atoms with Crippen molar-refractivity contribution in [3.63, 3.8) is 0 Å². The molecule has 2 unspecified atom stereocenters. The van der Waals surface area contributed by atoms with Crippen LogP contribution >= 0.6 is 0 Å². The van der Waals surface area contributed by atoms with Crippen LogP contribution in [0.3, 0.4) is 0 Å². The van der Waals surface area contributed by atoms with E-state index in [2.05, 4.69) is 86.7 Å². The van der Waals surface area contributed by atoms with Crippen molar-refractivity contribution in [2.75, 3.05) is 13.2 Å². The number of hydrogen-bond acceptors (Lipinski definition) is 5. The Labute approximate surface area is 254 Å². The molecule has 0 amide bonds. The summed E-state index contributed by atoms with van der Waals surface area (Å²) >= 11 is 0. The van der Waals surface area contributed by atoms with Gasteiger partial charge in [-0.2, -0.15) is 0 Å². The van der Waals surface area contributed by atoms with E-state index in [-0.39, 0.29) is 0 Å². The van der Waals surface area contributed by atoms with Crippen molar-refractivity contribution in [1.29, 1.82) is 0 Å². The summed E-state index contributed by atoms with van der Waals surface area (Å²) in [5.41, 5.74) is 8.51. The van der Waals surface area contributed by atoms with Gasteiger partial charge < -0.3 is 18.9 Å². The average molecular weight is 575 g/mol. The molecule has 5 heteroatoms. The van der Waals surface area contributed by atoms with Gasteiger partial charge in [0.25, 0.3) is 0 Å². The standard InChI is InChI=1S/C38H38O5/c1-27-21-31(17-9-11-19-39-25-29-13-5-3-6-14-29)23-33-35(27)41-38-34-24-32(22-28(2)36(34)42-37(33)43-38)18-10-12-20-40-26-30-15-7-4-8-16-30/h3-10,13-18,21-24,37-38H,11-12,19-20,25-26H2,1-2H3. The van der Waals surface area contributed by atoms with Crippen molar-refractivity contribution in [1.82, 2.24) is 0 Å². The van der Waals surface area contributed by atoms with E-state index in [1.54, 1.807) is 0 Å². The molecule has 0 aromatic heterocycles. The molecule has 2 bridgehead atoms. The Kier molecular flexibility index (Phi) is 9.34. The van der Waals surface area contributed by atoms with Gasteiger partial charge in [-0.15, -0.1) is 0 Å². The van der Waals surface area contributed by atoms with Crippen LogP contribution in [0.4, 0.5) is 0 Å². The quantitative estimate of drug-likeness (QED) is 0.158. The van der Waals surface area contributed by atoms with Gasteiger partial charge >= 0.3 is 0 Å². The summed E-state index contributed by atoms with van der Waals surface area (Å²) < 4.78 is 30.7. The van der Waals surface area contributed by atoms with Crippen LogP contribution in [-0.2, 0) is 27.4 Å². The summed E-state index contributed by atoms with van der Waals surface area (Å²) in [6, 6.07) is 29.0. The fourth-order valence-corrected chi connectivity index (χ4v) is 5.45. The highest BCUT2D eigenvalue weighted by Gasteiger charge is 2.39. The molecule has 0 aliphatic carbocycles. The van der Waals surface area contributed by atoms with Crippen LogP contribution in [0, 0.1) is 13.8 Å². The largest absolute Gasteiger partial charge is 0.459 e. The second-order valence-corrected chi connectivity index (χ2v) is 11.0. The first kappa shape index (κ1) is 28.9. The Hall–Kier alpha value is -4.16. The van der Waals surface area contributed by atoms with Crippen molar-refractivity contribution in [2.45, 2.75) is 52.5 Å². The van der Waals surface area contributed by atoms with Crippen molar-refractivity contribution in [3.8, 4) is 11.5 Å². The molecule has 2 aliphatic rings. The summed E-state index contributed by atoms with van der Waals surface area (Å²) in [7, 11) is 0. The predicted molar refractivity (Wildman–Crippen MR) is 170 cm³/mol. The van der Waals surface area contributed by atoms with Crippen molar-refractivity contribution in [2.24, 2.45) is 0 Å². The molecule has 0 saturated carbocycles. The predicted octanol–water partition coefficient (Wildman–Crippen LogP) is 9.04. The third-order valence-electron chi connectivity index (χ3n) is 7.56. The lowest BCUT2D eigenvalue weighted by Gasteiger charge is -2.39. The average Bonchev–Trinajstić information content (AvgIpc) is 3.03. The topological polar surface area (TPSA) is 46.2 Å². The number of aryl methyl sites for hydroxylation is 2. The first-order valence-corrected chi connectivity index (χ1v) is 15.0. The van der Waals surface area contributed by atoms with Gasteiger partial charge in [0.05, 0.1) is 37.6 Å². The van der Waals surface area contributed by atoms with E-state index in [4.69, 9.17) is 23.7 Å². The first-order chi connectivity index (χ1) is 21.1. The van der Waals surface area contributed by atoms with Crippen LogP contribution in [0.2, 0.25) is 0 Å². The van der Waals surface area contributed by atoms with Crippen LogP contribution in [-0.4, -0.2) is 13.2 Å². The van der Waals surface area contributed by atoms with Crippen LogP contribution in [0.25, 0.3) is 12.2 Å². The zero-order chi connectivity index (χ0) is 29.4. The fraction of sp³-hybridized carbons (Fsp3) is 0.263. The van der Waals surface area contributed by atoms with E-state index in [0.717, 1.165) is 57.7 Å². The summed E-state index contributed by atoms with van der Waals surface area (Å²) in [5.74, 6) is 1.67. The van der Waals surface area contributed by atoms with Gasteiger partial charge in [0, 0.05) is 0 Å². The molecule has 2 atom stereocenters. The number of fused-ring (bicyclic) bond motifs is 6. The van der Waals surface area contributed by atoms with Gasteiger partial charge in [0.2, 0.25) is 12.6 Å². The van der Waals surface area contributed by atoms with Crippen molar-refractivity contribution >= 4 is 12.2 Å². The highest BCUT2D eigenvalue weighted by atomic mass is 16.8. The molecule has 0 N–H and O–H groups in total. The van der Waals surface area contributed by atoms with Gasteiger partial charge in [0.15, 0.2) is 0 Å². The molecule has 4 aromatic carbocycles. The molecule has 2 heterocycles. The summed E-state index contributed by atoms with van der Waals surface area (Å²) in [6.45, 7) is 6.75. The normalized spacial score (nSPS) is 17.0. The highest BCUT2D eigenvalue weighted by Crippen LogP contribution is 2.50. The van der Waals surface area contributed by atoms with E-state index in [9.17, 15) is 0 Å². The zero-order valence-corrected chi connectivity index (χ0v) is 24.8. The lowest BCUT2D eigenvalue weighted by molar-refractivity contribution is -0.228. The molecule has 5 nitrogen and oxygen atoms in total. The molecule has 0 fully saturated rings. The third-order valence-corrected chi connectivity index (χ3v) is 7.56. The Morgan fingerprint density at radius 2 is 1.05 bits per heavy atom. The molecular formula is C38H38O5. The second kappa shape index (κ2) is 13.9. The Bertz CT molecular complexity index is 1460. The van der Waals surface area contributed by atoms with Crippen molar-refractivity contribution < 1.29 is 23.7 Å². The number of rotatable bonds is 12. The molecule has 4 aromatic rings. The minimum atomic E-state index is -0.510. The lowest BCUT2D eigenvalue weighted by Crippen LogP contribution is -2.31.